The molecule has 1 aliphatic carbocycles. The van der Waals surface area contributed by atoms with Crippen LogP contribution in [0.15, 0.2) is 12.3 Å². The monoisotopic (exact) mass is 372 g/mol. The summed E-state index contributed by atoms with van der Waals surface area (Å²) in [5.41, 5.74) is 3.60. The molecule has 0 bridgehead atoms. The Bertz CT molecular complexity index is 1060. The number of carbonyl (C=O) groups is 2. The molecule has 2 aromatic heterocycles. The second-order valence-electron chi connectivity index (χ2n) is 6.81. The summed E-state index contributed by atoms with van der Waals surface area (Å²) in [5, 5.41) is 18.2. The molecule has 0 saturated heterocycles. The molecule has 2 heterocycles. The first-order chi connectivity index (χ1) is 13.6. The van der Waals surface area contributed by atoms with Crippen molar-refractivity contribution in [2.45, 2.75) is 52.4 Å². The molecule has 0 fully saturated rings. The molecule has 0 saturated carbocycles. The summed E-state index contributed by atoms with van der Waals surface area (Å²) in [5.74, 6) is -0.665. The maximum atomic E-state index is 13.3. The van der Waals surface area contributed by atoms with Crippen LogP contribution in [0.25, 0.3) is 0 Å². The highest BCUT2D eigenvalue weighted by Crippen LogP contribution is 2.32. The summed E-state index contributed by atoms with van der Waals surface area (Å²) in [6, 6.07) is 5.78. The summed E-state index contributed by atoms with van der Waals surface area (Å²) in [7, 11) is 0. The van der Waals surface area contributed by atoms with Crippen LogP contribution in [0.3, 0.4) is 0 Å². The highest BCUT2D eigenvalue weighted by Gasteiger charge is 2.36. The molecule has 140 valence electrons. The largest absolute Gasteiger partial charge is 0.288 e. The number of nitriles is 2. The van der Waals surface area contributed by atoms with E-state index < -0.39 is 0 Å². The minimum Gasteiger partial charge on any atom is -0.288 e. The first-order valence-electron chi connectivity index (χ1n) is 9.44. The minimum atomic E-state index is -0.369. The van der Waals surface area contributed by atoms with E-state index in [9.17, 15) is 14.9 Å². The lowest BCUT2D eigenvalue weighted by Crippen LogP contribution is -2.27. The third-order valence-corrected chi connectivity index (χ3v) is 4.87. The molecule has 6 heteroatoms. The van der Waals surface area contributed by atoms with Crippen molar-refractivity contribution in [2.75, 3.05) is 0 Å². The fraction of sp³-hybridized carbons (Fsp3) is 0.364. The predicted octanol–water partition coefficient (Wildman–Crippen LogP) is 3.29. The van der Waals surface area contributed by atoms with Crippen LogP contribution >= 0.6 is 0 Å². The number of fused-ring (bicyclic) bond motifs is 2. The van der Waals surface area contributed by atoms with Crippen molar-refractivity contribution in [3.05, 3.63) is 57.2 Å². The van der Waals surface area contributed by atoms with Crippen LogP contribution in [0.1, 0.15) is 81.2 Å². The van der Waals surface area contributed by atoms with Crippen LogP contribution < -0.4 is 0 Å². The Balaban J connectivity index is 2.30. The molecule has 28 heavy (non-hydrogen) atoms. The smallest absolute Gasteiger partial charge is 0.231 e. The molecule has 0 radical (unpaired) electrons. The van der Waals surface area contributed by atoms with Crippen molar-refractivity contribution >= 4 is 11.6 Å². The van der Waals surface area contributed by atoms with Gasteiger partial charge in [-0.1, -0.05) is 26.7 Å². The van der Waals surface area contributed by atoms with E-state index in [0.29, 0.717) is 24.0 Å². The second kappa shape index (κ2) is 8.10. The molecule has 0 aliphatic heterocycles. The van der Waals surface area contributed by atoms with E-state index in [1.165, 1.54) is 6.20 Å². The molecule has 6 nitrogen and oxygen atoms in total. The first-order valence-corrected chi connectivity index (χ1v) is 9.44. The number of carbonyl (C=O) groups excluding carboxylic acids is 2. The Morgan fingerprint density at radius 3 is 2.29 bits per heavy atom. The van der Waals surface area contributed by atoms with Gasteiger partial charge in [-0.15, -0.1) is 0 Å². The van der Waals surface area contributed by atoms with Gasteiger partial charge in [0.25, 0.3) is 0 Å². The Labute approximate surface area is 163 Å². The Kier molecular flexibility index (Phi) is 5.61. The lowest BCUT2D eigenvalue weighted by Gasteiger charge is -2.23. The van der Waals surface area contributed by atoms with Gasteiger partial charge in [0, 0.05) is 11.9 Å². The second-order valence-corrected chi connectivity index (χ2v) is 6.81. The average Bonchev–Trinajstić information content (AvgIpc) is 2.69. The number of ketones is 2. The average molecular weight is 372 g/mol. The molecule has 0 atom stereocenters. The SMILES string of the molecule is CCCc1nc2c(c(CCC)c1CC#N)C(=O)c1cc(CC#N)cnc1C2=O. The van der Waals surface area contributed by atoms with Crippen LogP contribution in [-0.2, 0) is 25.7 Å². The van der Waals surface area contributed by atoms with E-state index in [-0.39, 0.29) is 41.4 Å². The van der Waals surface area contributed by atoms with E-state index in [0.717, 1.165) is 29.7 Å². The van der Waals surface area contributed by atoms with E-state index >= 15 is 0 Å². The molecule has 0 unspecified atom stereocenters. The lowest BCUT2D eigenvalue weighted by atomic mass is 9.82. The Morgan fingerprint density at radius 1 is 0.929 bits per heavy atom. The quantitative estimate of drug-likeness (QED) is 0.657. The molecule has 0 spiro atoms. The van der Waals surface area contributed by atoms with Crippen LogP contribution in [-0.4, -0.2) is 21.5 Å². The summed E-state index contributed by atoms with van der Waals surface area (Å²) in [4.78, 5) is 35.1. The minimum absolute atomic E-state index is 0.0876. The van der Waals surface area contributed by atoms with Crippen LogP contribution in [0.4, 0.5) is 0 Å². The van der Waals surface area contributed by atoms with E-state index in [4.69, 9.17) is 5.26 Å². The van der Waals surface area contributed by atoms with Crippen molar-refractivity contribution in [1.29, 1.82) is 10.5 Å². The first kappa shape index (κ1) is 19.4. The fourth-order valence-corrected chi connectivity index (χ4v) is 3.69. The van der Waals surface area contributed by atoms with Crippen molar-refractivity contribution in [1.82, 2.24) is 9.97 Å². The number of nitrogens with zero attached hydrogens (tertiary/aromatic N) is 4. The van der Waals surface area contributed by atoms with Gasteiger partial charge in [0.2, 0.25) is 5.78 Å². The van der Waals surface area contributed by atoms with Gasteiger partial charge in [-0.2, -0.15) is 10.5 Å². The van der Waals surface area contributed by atoms with Gasteiger partial charge >= 0.3 is 0 Å². The number of rotatable bonds is 6. The molecular formula is C22H20N4O2. The van der Waals surface area contributed by atoms with Crippen molar-refractivity contribution in [3.8, 4) is 12.1 Å². The zero-order chi connectivity index (χ0) is 20.3. The van der Waals surface area contributed by atoms with Gasteiger partial charge < -0.3 is 0 Å². The maximum Gasteiger partial charge on any atom is 0.231 e. The molecule has 0 N–H and O–H groups in total. The number of aryl methyl sites for hydroxylation is 1. The van der Waals surface area contributed by atoms with Gasteiger partial charge in [-0.25, -0.2) is 4.98 Å². The van der Waals surface area contributed by atoms with Crippen molar-refractivity contribution < 1.29 is 9.59 Å². The van der Waals surface area contributed by atoms with Gasteiger partial charge in [0.05, 0.1) is 36.1 Å². The number of hydrogen-bond acceptors (Lipinski definition) is 6. The number of pyridine rings is 2. The summed E-state index contributed by atoms with van der Waals surface area (Å²) in [6.45, 7) is 4.01. The zero-order valence-corrected chi connectivity index (χ0v) is 16.0. The Hall–Kier alpha value is -3.38. The summed E-state index contributed by atoms with van der Waals surface area (Å²) in [6.07, 6.45) is 4.58. The fourth-order valence-electron chi connectivity index (χ4n) is 3.69. The summed E-state index contributed by atoms with van der Waals surface area (Å²) < 4.78 is 0. The molecule has 2 aromatic rings. The third-order valence-electron chi connectivity index (χ3n) is 4.87. The number of hydrogen-bond donors (Lipinski definition) is 0. The third kappa shape index (κ3) is 3.18. The standard InChI is InChI=1S/C22H20N4O2/c1-3-5-15-14(8-10-24)17(6-4-2)26-20-18(15)21(27)16-11-13(7-9-23)12-25-19(16)22(20)28/h11-12H,3-8H2,1-2H3. The topological polar surface area (TPSA) is 108 Å². The van der Waals surface area contributed by atoms with Gasteiger partial charge in [0.1, 0.15) is 11.4 Å². The van der Waals surface area contributed by atoms with E-state index in [1.54, 1.807) is 6.07 Å². The maximum absolute atomic E-state index is 13.3. The zero-order valence-electron chi connectivity index (χ0n) is 16.0. The van der Waals surface area contributed by atoms with Crippen molar-refractivity contribution in [2.24, 2.45) is 0 Å². The Morgan fingerprint density at radius 2 is 1.64 bits per heavy atom. The van der Waals surface area contributed by atoms with Gasteiger partial charge in [-0.05, 0) is 35.6 Å². The normalized spacial score (nSPS) is 12.1. The predicted molar refractivity (Wildman–Crippen MR) is 102 cm³/mol. The molecule has 3 rings (SSSR count). The van der Waals surface area contributed by atoms with Gasteiger partial charge in [0.15, 0.2) is 5.78 Å². The van der Waals surface area contributed by atoms with Crippen LogP contribution in [0, 0.1) is 22.7 Å². The van der Waals surface area contributed by atoms with E-state index in [2.05, 4.69) is 16.0 Å². The molecular weight excluding hydrogens is 352 g/mol. The molecule has 0 amide bonds. The molecule has 0 aromatic carbocycles. The van der Waals surface area contributed by atoms with Crippen LogP contribution in [0.2, 0.25) is 0 Å². The highest BCUT2D eigenvalue weighted by molar-refractivity contribution is 6.27. The van der Waals surface area contributed by atoms with Crippen molar-refractivity contribution in [3.63, 3.8) is 0 Å². The lowest BCUT2D eigenvalue weighted by molar-refractivity contribution is 0.0970. The summed E-state index contributed by atoms with van der Waals surface area (Å²) >= 11 is 0. The van der Waals surface area contributed by atoms with Gasteiger partial charge in [-0.3, -0.25) is 14.6 Å². The number of aromatic nitrogens is 2. The van der Waals surface area contributed by atoms with E-state index in [1.807, 2.05) is 19.9 Å². The molecule has 1 aliphatic rings. The van der Waals surface area contributed by atoms with Crippen LogP contribution in [0.5, 0.6) is 0 Å². The highest BCUT2D eigenvalue weighted by atomic mass is 16.1.